The Bertz CT molecular complexity index is 191. The number of rotatable bonds is 4. The van der Waals surface area contributed by atoms with Crippen LogP contribution in [0.25, 0.3) is 0 Å². The van der Waals surface area contributed by atoms with Gasteiger partial charge < -0.3 is 10.0 Å². The second kappa shape index (κ2) is 5.24. The van der Waals surface area contributed by atoms with E-state index in [4.69, 9.17) is 5.11 Å². The molecular formula is C9H15F2NO2. The molecule has 1 saturated heterocycles. The normalized spacial score (nSPS) is 20.2. The summed E-state index contributed by atoms with van der Waals surface area (Å²) in [6, 6.07) is 0. The van der Waals surface area contributed by atoms with Crippen molar-refractivity contribution < 1.29 is 18.7 Å². The summed E-state index contributed by atoms with van der Waals surface area (Å²) in [7, 11) is 0. The minimum absolute atomic E-state index is 0.0966. The number of hydrogen-bond acceptors (Lipinski definition) is 2. The van der Waals surface area contributed by atoms with Gasteiger partial charge in [-0.2, -0.15) is 0 Å². The molecule has 1 aliphatic rings. The fourth-order valence-corrected chi connectivity index (χ4v) is 1.68. The van der Waals surface area contributed by atoms with E-state index >= 15 is 0 Å². The fraction of sp³-hybridized carbons (Fsp3) is 0.889. The Kier molecular flexibility index (Phi) is 4.25. The number of piperidine rings is 1. The third-order valence-corrected chi connectivity index (χ3v) is 2.63. The Morgan fingerprint density at radius 1 is 1.43 bits per heavy atom. The highest BCUT2D eigenvalue weighted by atomic mass is 19.3. The van der Waals surface area contributed by atoms with Crippen molar-refractivity contribution in [1.82, 2.24) is 4.90 Å². The van der Waals surface area contributed by atoms with Crippen LogP contribution in [-0.2, 0) is 4.79 Å². The van der Waals surface area contributed by atoms with Crippen LogP contribution >= 0.6 is 0 Å². The highest BCUT2D eigenvalue weighted by Gasteiger charge is 2.25. The van der Waals surface area contributed by atoms with Gasteiger partial charge in [-0.05, 0) is 25.9 Å². The smallest absolute Gasteiger partial charge is 0.304 e. The minimum atomic E-state index is -2.23. The zero-order valence-electron chi connectivity index (χ0n) is 7.96. The largest absolute Gasteiger partial charge is 0.481 e. The average Bonchev–Trinajstić information content (AvgIpc) is 2.15. The Labute approximate surface area is 81.7 Å². The lowest BCUT2D eigenvalue weighted by molar-refractivity contribution is -0.137. The number of carboxylic acids is 1. The first kappa shape index (κ1) is 11.4. The van der Waals surface area contributed by atoms with Gasteiger partial charge in [-0.15, -0.1) is 0 Å². The van der Waals surface area contributed by atoms with Crippen molar-refractivity contribution in [2.75, 3.05) is 19.6 Å². The van der Waals surface area contributed by atoms with Crippen LogP contribution in [-0.4, -0.2) is 42.0 Å². The van der Waals surface area contributed by atoms with Gasteiger partial charge in [0.05, 0.1) is 6.42 Å². The lowest BCUT2D eigenvalue weighted by Crippen LogP contribution is -2.37. The van der Waals surface area contributed by atoms with Crippen LogP contribution in [0.5, 0.6) is 0 Å². The maximum absolute atomic E-state index is 12.2. The van der Waals surface area contributed by atoms with Crippen molar-refractivity contribution in [3.05, 3.63) is 0 Å². The molecule has 0 aromatic carbocycles. The van der Waals surface area contributed by atoms with E-state index in [1.807, 2.05) is 4.90 Å². The molecule has 0 aromatic heterocycles. The zero-order chi connectivity index (χ0) is 10.6. The van der Waals surface area contributed by atoms with Crippen molar-refractivity contribution in [2.24, 2.45) is 5.92 Å². The van der Waals surface area contributed by atoms with E-state index in [2.05, 4.69) is 0 Å². The van der Waals surface area contributed by atoms with E-state index in [0.717, 1.165) is 0 Å². The molecule has 0 spiro atoms. The molecule has 1 fully saturated rings. The summed E-state index contributed by atoms with van der Waals surface area (Å²) in [4.78, 5) is 12.2. The first-order valence-electron chi connectivity index (χ1n) is 4.82. The molecule has 3 nitrogen and oxygen atoms in total. The van der Waals surface area contributed by atoms with Crippen LogP contribution in [0.1, 0.15) is 19.3 Å². The number of nitrogens with zero attached hydrogens (tertiary/aromatic N) is 1. The molecule has 1 rings (SSSR count). The number of aliphatic carboxylic acids is 1. The lowest BCUT2D eigenvalue weighted by Gasteiger charge is -2.30. The van der Waals surface area contributed by atoms with Crippen LogP contribution in [0.3, 0.4) is 0 Å². The molecule has 82 valence electrons. The summed E-state index contributed by atoms with van der Waals surface area (Å²) in [6.45, 7) is 1.68. The molecule has 1 N–H and O–H groups in total. The van der Waals surface area contributed by atoms with Gasteiger partial charge >= 0.3 is 5.97 Å². The van der Waals surface area contributed by atoms with Gasteiger partial charge in [0, 0.05) is 12.5 Å². The van der Waals surface area contributed by atoms with E-state index in [1.165, 1.54) is 0 Å². The van der Waals surface area contributed by atoms with E-state index in [0.29, 0.717) is 32.5 Å². The Balaban J connectivity index is 2.19. The maximum atomic E-state index is 12.2. The summed E-state index contributed by atoms with van der Waals surface area (Å²) in [5.41, 5.74) is 0. The van der Waals surface area contributed by atoms with Crippen molar-refractivity contribution in [2.45, 2.75) is 25.7 Å². The van der Waals surface area contributed by atoms with Crippen LogP contribution in [0.15, 0.2) is 0 Å². The highest BCUT2D eigenvalue weighted by molar-refractivity contribution is 5.66. The van der Waals surface area contributed by atoms with Crippen LogP contribution in [0.2, 0.25) is 0 Å². The third kappa shape index (κ3) is 3.57. The summed E-state index contributed by atoms with van der Waals surface area (Å²) in [5.74, 6) is -1.32. The minimum Gasteiger partial charge on any atom is -0.481 e. The molecular weight excluding hydrogens is 192 g/mol. The molecule has 0 saturated carbocycles. The number of likely N-dealkylation sites (tertiary alicyclic amines) is 1. The van der Waals surface area contributed by atoms with Crippen LogP contribution in [0.4, 0.5) is 8.78 Å². The Hall–Kier alpha value is -0.710. The fourth-order valence-electron chi connectivity index (χ4n) is 1.68. The van der Waals surface area contributed by atoms with Gasteiger partial charge in [0.2, 0.25) is 6.43 Å². The van der Waals surface area contributed by atoms with Gasteiger partial charge in [-0.25, -0.2) is 8.78 Å². The lowest BCUT2D eigenvalue weighted by atomic mass is 9.97. The Morgan fingerprint density at radius 3 is 2.43 bits per heavy atom. The first-order chi connectivity index (χ1) is 6.59. The molecule has 14 heavy (non-hydrogen) atoms. The number of carboxylic acid groups (broad SMARTS) is 1. The molecule has 0 aromatic rings. The van der Waals surface area contributed by atoms with E-state index in [1.54, 1.807) is 0 Å². The quantitative estimate of drug-likeness (QED) is 0.758. The second-order valence-corrected chi connectivity index (χ2v) is 3.66. The first-order valence-corrected chi connectivity index (χ1v) is 4.82. The molecule has 0 unspecified atom stereocenters. The van der Waals surface area contributed by atoms with Gasteiger partial charge in [-0.1, -0.05) is 0 Å². The number of carbonyl (C=O) groups is 1. The van der Waals surface area contributed by atoms with Gasteiger partial charge in [-0.3, -0.25) is 4.79 Å². The topological polar surface area (TPSA) is 40.5 Å². The van der Waals surface area contributed by atoms with E-state index < -0.39 is 18.3 Å². The third-order valence-electron chi connectivity index (χ3n) is 2.63. The molecule has 0 atom stereocenters. The number of alkyl halides is 2. The standard InChI is InChI=1S/C9H15F2NO2/c10-9(11)7-1-4-12(5-2-7)6-3-8(13)14/h7,9H,1-6H2,(H,13,14). The molecule has 0 bridgehead atoms. The molecule has 0 amide bonds. The molecule has 5 heteroatoms. The monoisotopic (exact) mass is 207 g/mol. The predicted molar refractivity (Wildman–Crippen MR) is 47.4 cm³/mol. The SMILES string of the molecule is O=C(O)CCN1CCC(C(F)F)CC1. The van der Waals surface area contributed by atoms with Crippen molar-refractivity contribution in [3.63, 3.8) is 0 Å². The van der Waals surface area contributed by atoms with Crippen LogP contribution in [0, 0.1) is 5.92 Å². The number of hydrogen-bond donors (Lipinski definition) is 1. The van der Waals surface area contributed by atoms with Gasteiger partial charge in [0.15, 0.2) is 0 Å². The summed E-state index contributed by atoms with van der Waals surface area (Å²) >= 11 is 0. The van der Waals surface area contributed by atoms with Crippen molar-refractivity contribution >= 4 is 5.97 Å². The zero-order valence-corrected chi connectivity index (χ0v) is 7.96. The average molecular weight is 207 g/mol. The van der Waals surface area contributed by atoms with Crippen molar-refractivity contribution in [1.29, 1.82) is 0 Å². The second-order valence-electron chi connectivity index (χ2n) is 3.66. The van der Waals surface area contributed by atoms with Crippen molar-refractivity contribution in [3.8, 4) is 0 Å². The van der Waals surface area contributed by atoms with Gasteiger partial charge in [0.1, 0.15) is 0 Å². The summed E-state index contributed by atoms with van der Waals surface area (Å²) in [5, 5.41) is 8.44. The highest BCUT2D eigenvalue weighted by Crippen LogP contribution is 2.23. The maximum Gasteiger partial charge on any atom is 0.304 e. The Morgan fingerprint density at radius 2 is 2.00 bits per heavy atom. The number of halogens is 2. The molecule has 0 aliphatic carbocycles. The van der Waals surface area contributed by atoms with E-state index in [-0.39, 0.29) is 6.42 Å². The van der Waals surface area contributed by atoms with Gasteiger partial charge in [0.25, 0.3) is 0 Å². The predicted octanol–water partition coefficient (Wildman–Crippen LogP) is 1.44. The molecule has 0 radical (unpaired) electrons. The summed E-state index contributed by atoms with van der Waals surface area (Å²) < 4.78 is 24.5. The van der Waals surface area contributed by atoms with Crippen LogP contribution < -0.4 is 0 Å². The van der Waals surface area contributed by atoms with E-state index in [9.17, 15) is 13.6 Å². The molecule has 1 aliphatic heterocycles. The summed E-state index contributed by atoms with van der Waals surface area (Å²) in [6.07, 6.45) is -1.16. The molecule has 1 heterocycles.